The number of hydrogen-bond donors (Lipinski definition) is 1. The summed E-state index contributed by atoms with van der Waals surface area (Å²) in [6.07, 6.45) is 3.72. The molecule has 0 aliphatic carbocycles. The first-order chi connectivity index (χ1) is 8.83. The molecule has 0 aliphatic heterocycles. The number of nitrogens with zero attached hydrogens (tertiary/aromatic N) is 1. The Balaban J connectivity index is 2.68. The summed E-state index contributed by atoms with van der Waals surface area (Å²) in [6.45, 7) is 17.3. The first-order valence-corrected chi connectivity index (χ1v) is 6.98. The van der Waals surface area contributed by atoms with Crippen molar-refractivity contribution in [1.82, 2.24) is 10.2 Å². The van der Waals surface area contributed by atoms with Crippen LogP contribution in [0.5, 0.6) is 0 Å². The van der Waals surface area contributed by atoms with Crippen molar-refractivity contribution in [3.63, 3.8) is 0 Å². The summed E-state index contributed by atoms with van der Waals surface area (Å²) in [5.41, 5.74) is 1.36. The lowest BCUT2D eigenvalue weighted by molar-refractivity contribution is 0.217. The normalized spacial score (nSPS) is 12.4. The fourth-order valence-electron chi connectivity index (χ4n) is 1.83. The molecule has 0 fully saturated rings. The third kappa shape index (κ3) is 5.62. The maximum absolute atomic E-state index is 5.64. The molecule has 1 aromatic rings. The predicted octanol–water partition coefficient (Wildman–Crippen LogP) is 3.56. The van der Waals surface area contributed by atoms with Gasteiger partial charge >= 0.3 is 0 Å². The van der Waals surface area contributed by atoms with Crippen LogP contribution in [0.3, 0.4) is 0 Å². The standard InChI is InChI=1S/C16H28N2O/c1-7-9-18(13(2)3)12-15-14(8-10-19-15)11-17-16(4,5)6/h7-8,10,13,17H,1,9,11-12H2,2-6H3. The predicted molar refractivity (Wildman–Crippen MR) is 81.0 cm³/mol. The van der Waals surface area contributed by atoms with E-state index in [1.54, 1.807) is 6.26 Å². The van der Waals surface area contributed by atoms with Crippen LogP contribution in [0.2, 0.25) is 0 Å². The molecule has 0 aromatic carbocycles. The van der Waals surface area contributed by atoms with Gasteiger partial charge in [0.15, 0.2) is 0 Å². The van der Waals surface area contributed by atoms with Gasteiger partial charge in [0.1, 0.15) is 5.76 Å². The van der Waals surface area contributed by atoms with Gasteiger partial charge in [0.2, 0.25) is 0 Å². The van der Waals surface area contributed by atoms with Gasteiger partial charge in [-0.25, -0.2) is 0 Å². The minimum absolute atomic E-state index is 0.118. The van der Waals surface area contributed by atoms with E-state index in [1.165, 1.54) is 5.56 Å². The lowest BCUT2D eigenvalue weighted by atomic mass is 10.1. The van der Waals surface area contributed by atoms with Crippen molar-refractivity contribution in [3.05, 3.63) is 36.3 Å². The van der Waals surface area contributed by atoms with Crippen LogP contribution in [0.15, 0.2) is 29.4 Å². The summed E-state index contributed by atoms with van der Waals surface area (Å²) < 4.78 is 5.64. The Labute approximate surface area is 117 Å². The summed E-state index contributed by atoms with van der Waals surface area (Å²) in [5.74, 6) is 1.05. The van der Waals surface area contributed by atoms with Crippen LogP contribution in [0, 0.1) is 0 Å². The largest absolute Gasteiger partial charge is 0.468 e. The highest BCUT2D eigenvalue weighted by atomic mass is 16.3. The molecular weight excluding hydrogens is 236 g/mol. The van der Waals surface area contributed by atoms with Crippen LogP contribution in [0.1, 0.15) is 45.9 Å². The Morgan fingerprint density at radius 2 is 2.11 bits per heavy atom. The van der Waals surface area contributed by atoms with Crippen molar-refractivity contribution in [2.45, 2.75) is 59.3 Å². The molecule has 1 N–H and O–H groups in total. The maximum Gasteiger partial charge on any atom is 0.122 e. The average molecular weight is 264 g/mol. The van der Waals surface area contributed by atoms with Crippen molar-refractivity contribution in [2.75, 3.05) is 6.54 Å². The third-order valence-corrected chi connectivity index (χ3v) is 3.09. The molecule has 3 nitrogen and oxygen atoms in total. The second-order valence-electron chi connectivity index (χ2n) is 6.28. The van der Waals surface area contributed by atoms with Crippen LogP contribution in [-0.2, 0) is 13.1 Å². The molecule has 0 radical (unpaired) electrons. The van der Waals surface area contributed by atoms with Crippen molar-refractivity contribution in [1.29, 1.82) is 0 Å². The fourth-order valence-corrected chi connectivity index (χ4v) is 1.83. The van der Waals surface area contributed by atoms with Gasteiger partial charge in [-0.05, 0) is 40.7 Å². The summed E-state index contributed by atoms with van der Waals surface area (Å²) in [6, 6.07) is 2.53. The number of rotatable bonds is 7. The quantitative estimate of drug-likeness (QED) is 0.763. The van der Waals surface area contributed by atoms with Gasteiger partial charge in [-0.1, -0.05) is 6.08 Å². The van der Waals surface area contributed by atoms with Crippen molar-refractivity contribution in [2.24, 2.45) is 0 Å². The summed E-state index contributed by atoms with van der Waals surface area (Å²) in [4.78, 5) is 2.34. The van der Waals surface area contributed by atoms with Gasteiger partial charge < -0.3 is 9.73 Å². The Kier molecular flexibility index (Phi) is 5.83. The SMILES string of the molecule is C=CCN(Cc1occc1CNC(C)(C)C)C(C)C. The van der Waals surface area contributed by atoms with E-state index in [1.807, 2.05) is 6.08 Å². The molecular formula is C16H28N2O. The van der Waals surface area contributed by atoms with E-state index in [0.29, 0.717) is 6.04 Å². The maximum atomic E-state index is 5.64. The lowest BCUT2D eigenvalue weighted by Crippen LogP contribution is -2.35. The van der Waals surface area contributed by atoms with Gasteiger partial charge in [0, 0.05) is 30.2 Å². The molecule has 108 valence electrons. The molecule has 0 bridgehead atoms. The van der Waals surface area contributed by atoms with Crippen molar-refractivity contribution >= 4 is 0 Å². The van der Waals surface area contributed by atoms with Gasteiger partial charge in [-0.15, -0.1) is 6.58 Å². The Bertz CT molecular complexity index is 388. The minimum Gasteiger partial charge on any atom is -0.468 e. The monoisotopic (exact) mass is 264 g/mol. The zero-order valence-corrected chi connectivity index (χ0v) is 13.0. The fraction of sp³-hybridized carbons (Fsp3) is 0.625. The lowest BCUT2D eigenvalue weighted by Gasteiger charge is -2.25. The van der Waals surface area contributed by atoms with E-state index in [0.717, 1.165) is 25.4 Å². The summed E-state index contributed by atoms with van der Waals surface area (Å²) in [5, 5.41) is 3.50. The van der Waals surface area contributed by atoms with Gasteiger partial charge in [0.25, 0.3) is 0 Å². The summed E-state index contributed by atoms with van der Waals surface area (Å²) >= 11 is 0. The minimum atomic E-state index is 0.118. The zero-order valence-electron chi connectivity index (χ0n) is 13.0. The molecule has 0 saturated heterocycles. The van der Waals surface area contributed by atoms with Crippen LogP contribution in [-0.4, -0.2) is 23.0 Å². The first-order valence-electron chi connectivity index (χ1n) is 6.98. The second-order valence-corrected chi connectivity index (χ2v) is 6.28. The van der Waals surface area contributed by atoms with E-state index >= 15 is 0 Å². The van der Waals surface area contributed by atoms with Gasteiger partial charge in [-0.3, -0.25) is 4.90 Å². The molecule has 0 spiro atoms. The van der Waals surface area contributed by atoms with Gasteiger partial charge in [0.05, 0.1) is 12.8 Å². The highest BCUT2D eigenvalue weighted by Crippen LogP contribution is 2.16. The van der Waals surface area contributed by atoms with E-state index in [-0.39, 0.29) is 5.54 Å². The Morgan fingerprint density at radius 3 is 2.63 bits per heavy atom. The highest BCUT2D eigenvalue weighted by Gasteiger charge is 2.15. The molecule has 0 atom stereocenters. The molecule has 0 unspecified atom stereocenters. The molecule has 0 amide bonds. The van der Waals surface area contributed by atoms with E-state index in [4.69, 9.17) is 4.42 Å². The average Bonchev–Trinajstić information content (AvgIpc) is 2.72. The number of hydrogen-bond acceptors (Lipinski definition) is 3. The molecule has 3 heteroatoms. The van der Waals surface area contributed by atoms with E-state index in [9.17, 15) is 0 Å². The van der Waals surface area contributed by atoms with Crippen molar-refractivity contribution in [3.8, 4) is 0 Å². The highest BCUT2D eigenvalue weighted by molar-refractivity contribution is 5.17. The van der Waals surface area contributed by atoms with Crippen molar-refractivity contribution < 1.29 is 4.42 Å². The van der Waals surface area contributed by atoms with Crippen LogP contribution < -0.4 is 5.32 Å². The van der Waals surface area contributed by atoms with Crippen LogP contribution in [0.4, 0.5) is 0 Å². The third-order valence-electron chi connectivity index (χ3n) is 3.09. The number of nitrogens with one attached hydrogen (secondary N) is 1. The van der Waals surface area contributed by atoms with Crippen LogP contribution in [0.25, 0.3) is 0 Å². The molecule has 0 aliphatic rings. The smallest absolute Gasteiger partial charge is 0.122 e. The Morgan fingerprint density at radius 1 is 1.42 bits per heavy atom. The topological polar surface area (TPSA) is 28.4 Å². The van der Waals surface area contributed by atoms with Crippen LogP contribution >= 0.6 is 0 Å². The molecule has 19 heavy (non-hydrogen) atoms. The van der Waals surface area contributed by atoms with E-state index < -0.39 is 0 Å². The zero-order chi connectivity index (χ0) is 14.5. The molecule has 1 heterocycles. The second kappa shape index (κ2) is 6.92. The Hall–Kier alpha value is -1.06. The molecule has 1 rings (SSSR count). The first kappa shape index (κ1) is 16.0. The van der Waals surface area contributed by atoms with E-state index in [2.05, 4.69) is 57.5 Å². The molecule has 0 saturated carbocycles. The molecule has 1 aromatic heterocycles. The summed E-state index contributed by atoms with van der Waals surface area (Å²) in [7, 11) is 0. The van der Waals surface area contributed by atoms with Gasteiger partial charge in [-0.2, -0.15) is 0 Å². The number of furan rings is 1.